The minimum Gasteiger partial charge on any atom is -0.492 e. The monoisotopic (exact) mass is 337 g/mol. The van der Waals surface area contributed by atoms with Gasteiger partial charge in [0, 0.05) is 6.54 Å². The van der Waals surface area contributed by atoms with Crippen molar-refractivity contribution < 1.29 is 17.5 Å². The molecular formula is C17H20FNO3S. The first kappa shape index (κ1) is 17.4. The smallest absolute Gasteiger partial charge is 0.240 e. The zero-order valence-corrected chi connectivity index (χ0v) is 14.2. The van der Waals surface area contributed by atoms with Gasteiger partial charge in [-0.05, 0) is 67.8 Å². The molecule has 0 bridgehead atoms. The molecule has 0 radical (unpaired) electrons. The van der Waals surface area contributed by atoms with Crippen molar-refractivity contribution in [2.75, 3.05) is 13.2 Å². The summed E-state index contributed by atoms with van der Waals surface area (Å²) in [6.45, 7) is 6.32. The van der Waals surface area contributed by atoms with Gasteiger partial charge in [-0.1, -0.05) is 6.07 Å². The van der Waals surface area contributed by atoms with Gasteiger partial charge >= 0.3 is 0 Å². The minimum absolute atomic E-state index is 0.0289. The van der Waals surface area contributed by atoms with Crippen molar-refractivity contribution in [1.82, 2.24) is 4.72 Å². The van der Waals surface area contributed by atoms with E-state index in [1.54, 1.807) is 0 Å². The molecule has 0 saturated carbocycles. The van der Waals surface area contributed by atoms with E-state index in [2.05, 4.69) is 4.72 Å². The Kier molecular flexibility index (Phi) is 5.38. The summed E-state index contributed by atoms with van der Waals surface area (Å²) in [6.07, 6.45) is 0. The highest BCUT2D eigenvalue weighted by Gasteiger charge is 2.13. The number of aryl methyl sites for hydroxylation is 3. The van der Waals surface area contributed by atoms with Gasteiger partial charge in [-0.25, -0.2) is 17.5 Å². The molecule has 0 aliphatic heterocycles. The Balaban J connectivity index is 1.92. The molecule has 124 valence electrons. The fourth-order valence-corrected chi connectivity index (χ4v) is 3.14. The van der Waals surface area contributed by atoms with E-state index < -0.39 is 15.8 Å². The lowest BCUT2D eigenvalue weighted by atomic mass is 10.1. The van der Waals surface area contributed by atoms with E-state index in [-0.39, 0.29) is 18.0 Å². The van der Waals surface area contributed by atoms with Crippen LogP contribution in [-0.2, 0) is 10.0 Å². The molecule has 0 atom stereocenters. The van der Waals surface area contributed by atoms with E-state index in [4.69, 9.17) is 4.74 Å². The fourth-order valence-electron chi connectivity index (χ4n) is 2.12. The lowest BCUT2D eigenvalue weighted by molar-refractivity contribution is 0.320. The number of hydrogen-bond donors (Lipinski definition) is 1. The maximum absolute atomic E-state index is 12.8. The van der Waals surface area contributed by atoms with E-state index in [0.717, 1.165) is 29.0 Å². The number of halogens is 1. The Morgan fingerprint density at radius 2 is 1.61 bits per heavy atom. The first-order valence-corrected chi connectivity index (χ1v) is 8.74. The van der Waals surface area contributed by atoms with Gasteiger partial charge in [0.2, 0.25) is 10.0 Å². The lowest BCUT2D eigenvalue weighted by Gasteiger charge is -2.12. The van der Waals surface area contributed by atoms with Gasteiger partial charge in [-0.15, -0.1) is 0 Å². The van der Waals surface area contributed by atoms with E-state index >= 15 is 0 Å². The van der Waals surface area contributed by atoms with Crippen molar-refractivity contribution in [3.05, 3.63) is 58.9 Å². The van der Waals surface area contributed by atoms with Crippen LogP contribution < -0.4 is 9.46 Å². The molecule has 23 heavy (non-hydrogen) atoms. The van der Waals surface area contributed by atoms with Crippen LogP contribution in [0, 0.1) is 26.6 Å². The average Bonchev–Trinajstić information content (AvgIpc) is 2.49. The van der Waals surface area contributed by atoms with Crippen molar-refractivity contribution in [3.63, 3.8) is 0 Å². The summed E-state index contributed by atoms with van der Waals surface area (Å²) in [6, 6.07) is 8.66. The van der Waals surface area contributed by atoms with Gasteiger partial charge in [0.15, 0.2) is 0 Å². The summed E-state index contributed by atoms with van der Waals surface area (Å²) in [4.78, 5) is 0.0289. The summed E-state index contributed by atoms with van der Waals surface area (Å²) in [5.41, 5.74) is 3.32. The standard InChI is InChI=1S/C17H20FNO3S/c1-12-10-14(3)17(11-13(12)2)22-9-8-19-23(20,21)16-6-4-15(18)5-7-16/h4-7,10-11,19H,8-9H2,1-3H3. The van der Waals surface area contributed by atoms with E-state index in [0.29, 0.717) is 0 Å². The van der Waals surface area contributed by atoms with Crippen molar-refractivity contribution in [2.45, 2.75) is 25.7 Å². The maximum Gasteiger partial charge on any atom is 0.240 e. The molecule has 2 rings (SSSR count). The van der Waals surface area contributed by atoms with Crippen molar-refractivity contribution in [3.8, 4) is 5.75 Å². The molecule has 0 amide bonds. The molecular weight excluding hydrogens is 317 g/mol. The third-order valence-electron chi connectivity index (χ3n) is 3.57. The molecule has 0 fully saturated rings. The van der Waals surface area contributed by atoms with E-state index in [1.807, 2.05) is 32.9 Å². The Labute approximate surface area is 136 Å². The molecule has 0 aliphatic carbocycles. The van der Waals surface area contributed by atoms with Gasteiger partial charge in [0.1, 0.15) is 18.2 Å². The first-order chi connectivity index (χ1) is 10.8. The van der Waals surface area contributed by atoms with Crippen LogP contribution in [0.4, 0.5) is 4.39 Å². The van der Waals surface area contributed by atoms with Crippen LogP contribution in [0.15, 0.2) is 41.3 Å². The molecule has 0 heterocycles. The zero-order valence-electron chi connectivity index (χ0n) is 13.4. The maximum atomic E-state index is 12.8. The Bertz CT molecular complexity index is 786. The number of ether oxygens (including phenoxy) is 1. The van der Waals surface area contributed by atoms with E-state index in [1.165, 1.54) is 17.7 Å². The minimum atomic E-state index is -3.65. The topological polar surface area (TPSA) is 55.4 Å². The van der Waals surface area contributed by atoms with Crippen LogP contribution in [-0.4, -0.2) is 21.6 Å². The summed E-state index contributed by atoms with van der Waals surface area (Å²) in [5, 5.41) is 0. The normalized spacial score (nSPS) is 11.5. The number of rotatable bonds is 6. The van der Waals surface area contributed by atoms with Crippen LogP contribution >= 0.6 is 0 Å². The zero-order chi connectivity index (χ0) is 17.0. The molecule has 0 aromatic heterocycles. The number of sulfonamides is 1. The van der Waals surface area contributed by atoms with Gasteiger partial charge in [0.25, 0.3) is 0 Å². The van der Waals surface area contributed by atoms with Crippen LogP contribution in [0.2, 0.25) is 0 Å². The highest BCUT2D eigenvalue weighted by Crippen LogP contribution is 2.22. The predicted octanol–water partition coefficient (Wildman–Crippen LogP) is 3.11. The molecule has 1 N–H and O–H groups in total. The summed E-state index contributed by atoms with van der Waals surface area (Å²) in [7, 11) is -3.65. The highest BCUT2D eigenvalue weighted by molar-refractivity contribution is 7.89. The van der Waals surface area contributed by atoms with Crippen molar-refractivity contribution in [2.24, 2.45) is 0 Å². The summed E-state index contributed by atoms with van der Waals surface area (Å²) < 4.78 is 45.0. The molecule has 4 nitrogen and oxygen atoms in total. The molecule has 0 aliphatic rings. The molecule has 6 heteroatoms. The molecule has 2 aromatic carbocycles. The quantitative estimate of drug-likeness (QED) is 0.824. The third-order valence-corrected chi connectivity index (χ3v) is 5.04. The van der Waals surface area contributed by atoms with Crippen LogP contribution in [0.25, 0.3) is 0 Å². The number of benzene rings is 2. The van der Waals surface area contributed by atoms with Gasteiger partial charge in [0.05, 0.1) is 4.90 Å². The molecule has 0 unspecified atom stereocenters. The average molecular weight is 337 g/mol. The number of nitrogens with one attached hydrogen (secondary N) is 1. The SMILES string of the molecule is Cc1cc(C)c(OCCNS(=O)(=O)c2ccc(F)cc2)cc1C. The van der Waals surface area contributed by atoms with Gasteiger partial charge in [-0.2, -0.15) is 0 Å². The highest BCUT2D eigenvalue weighted by atomic mass is 32.2. The lowest BCUT2D eigenvalue weighted by Crippen LogP contribution is -2.28. The predicted molar refractivity (Wildman–Crippen MR) is 87.7 cm³/mol. The van der Waals surface area contributed by atoms with Gasteiger partial charge < -0.3 is 4.74 Å². The summed E-state index contributed by atoms with van der Waals surface area (Å²) in [5.74, 6) is 0.270. The first-order valence-electron chi connectivity index (χ1n) is 7.25. The molecule has 2 aromatic rings. The van der Waals surface area contributed by atoms with E-state index in [9.17, 15) is 12.8 Å². The van der Waals surface area contributed by atoms with Crippen molar-refractivity contribution in [1.29, 1.82) is 0 Å². The van der Waals surface area contributed by atoms with Crippen LogP contribution in [0.5, 0.6) is 5.75 Å². The Morgan fingerprint density at radius 1 is 1.00 bits per heavy atom. The second kappa shape index (κ2) is 7.10. The number of hydrogen-bond acceptors (Lipinski definition) is 3. The Morgan fingerprint density at radius 3 is 2.26 bits per heavy atom. The molecule has 0 saturated heterocycles. The van der Waals surface area contributed by atoms with Crippen LogP contribution in [0.3, 0.4) is 0 Å². The second-order valence-electron chi connectivity index (χ2n) is 5.40. The molecule has 0 spiro atoms. The Hall–Kier alpha value is -1.92. The summed E-state index contributed by atoms with van der Waals surface area (Å²) >= 11 is 0. The largest absolute Gasteiger partial charge is 0.492 e. The second-order valence-corrected chi connectivity index (χ2v) is 7.17. The van der Waals surface area contributed by atoms with Crippen LogP contribution in [0.1, 0.15) is 16.7 Å². The van der Waals surface area contributed by atoms with Gasteiger partial charge in [-0.3, -0.25) is 0 Å². The third kappa shape index (κ3) is 4.53. The fraction of sp³-hybridized carbons (Fsp3) is 0.294. The van der Waals surface area contributed by atoms with Crippen molar-refractivity contribution >= 4 is 10.0 Å².